The summed E-state index contributed by atoms with van der Waals surface area (Å²) in [7, 11) is 0. The van der Waals surface area contributed by atoms with Gasteiger partial charge in [0.25, 0.3) is 0 Å². The predicted octanol–water partition coefficient (Wildman–Crippen LogP) is 5.56. The van der Waals surface area contributed by atoms with Gasteiger partial charge in [0.05, 0.1) is 11.1 Å². The number of amides is 2. The summed E-state index contributed by atoms with van der Waals surface area (Å²) in [6, 6.07) is 9.37. The third kappa shape index (κ3) is 5.58. The summed E-state index contributed by atoms with van der Waals surface area (Å²) in [5.41, 5.74) is 0.909. The normalized spacial score (nSPS) is 13.7. The van der Waals surface area contributed by atoms with Crippen LogP contribution in [-0.4, -0.2) is 61.8 Å². The van der Waals surface area contributed by atoms with Crippen LogP contribution in [-0.2, 0) is 9.53 Å². The number of carboxylic acids is 1. The van der Waals surface area contributed by atoms with E-state index in [1.54, 1.807) is 45.0 Å². The minimum Gasteiger partial charge on any atom is -0.476 e. The van der Waals surface area contributed by atoms with Crippen LogP contribution in [0.15, 0.2) is 42.5 Å². The maximum atomic E-state index is 14.4. The zero-order valence-electron chi connectivity index (χ0n) is 22.7. The molecule has 3 heterocycles. The molecule has 1 fully saturated rings. The maximum Gasteiger partial charge on any atom is 0.410 e. The summed E-state index contributed by atoms with van der Waals surface area (Å²) < 4.78 is 34.2. The number of pyridine rings is 1. The van der Waals surface area contributed by atoms with Crippen LogP contribution in [0.2, 0.25) is 0 Å². The first kappa shape index (κ1) is 27.7. The molecule has 10 nitrogen and oxygen atoms in total. The topological polar surface area (TPSA) is 138 Å². The number of aromatic nitrogens is 3. The predicted molar refractivity (Wildman–Crippen MR) is 146 cm³/mol. The van der Waals surface area contributed by atoms with Gasteiger partial charge in [-0.3, -0.25) is 9.89 Å². The monoisotopic (exact) mass is 563 g/mol. The van der Waals surface area contributed by atoms with Crippen molar-refractivity contribution in [3.05, 3.63) is 65.5 Å². The van der Waals surface area contributed by atoms with Gasteiger partial charge in [0.15, 0.2) is 11.3 Å². The van der Waals surface area contributed by atoms with E-state index in [1.165, 1.54) is 11.8 Å². The average Bonchev–Trinajstić information content (AvgIpc) is 3.23. The summed E-state index contributed by atoms with van der Waals surface area (Å²) in [4.78, 5) is 42.3. The minimum absolute atomic E-state index is 0.00153. The highest BCUT2D eigenvalue weighted by Crippen LogP contribution is 2.43. The number of H-pyrrole nitrogens is 1. The van der Waals surface area contributed by atoms with Gasteiger partial charge in [-0.1, -0.05) is 12.1 Å². The van der Waals surface area contributed by atoms with Crippen molar-refractivity contribution in [2.45, 2.75) is 39.2 Å². The number of carbonyl (C=O) groups is 3. The van der Waals surface area contributed by atoms with Crippen molar-refractivity contribution >= 4 is 34.7 Å². The number of nitrogens with one attached hydrogen (secondary N) is 2. The van der Waals surface area contributed by atoms with E-state index >= 15 is 0 Å². The molecule has 41 heavy (non-hydrogen) atoms. The van der Waals surface area contributed by atoms with Gasteiger partial charge >= 0.3 is 12.1 Å². The molecule has 4 aromatic rings. The number of aromatic carboxylic acids is 1. The second kappa shape index (κ2) is 10.3. The van der Waals surface area contributed by atoms with Gasteiger partial charge < -0.3 is 20.1 Å². The van der Waals surface area contributed by atoms with Gasteiger partial charge in [-0.05, 0) is 56.2 Å². The molecule has 0 atom stereocenters. The minimum atomic E-state index is -1.40. The number of carboxylic acid groups (broad SMARTS) is 1. The average molecular weight is 564 g/mol. The Morgan fingerprint density at radius 2 is 1.66 bits per heavy atom. The van der Waals surface area contributed by atoms with Gasteiger partial charge in [-0.25, -0.2) is 23.4 Å². The summed E-state index contributed by atoms with van der Waals surface area (Å²) in [5, 5.41) is 20.5. The molecule has 0 unspecified atom stereocenters. The van der Waals surface area contributed by atoms with Crippen LogP contribution < -0.4 is 5.32 Å². The Balaban J connectivity index is 1.71. The number of benzene rings is 2. The molecule has 5 rings (SSSR count). The highest BCUT2D eigenvalue weighted by Gasteiger charge is 2.38. The number of hydrogen-bond acceptors (Lipinski definition) is 6. The van der Waals surface area contributed by atoms with Crippen LogP contribution in [0.3, 0.4) is 0 Å². The Bertz CT molecular complexity index is 1670. The van der Waals surface area contributed by atoms with Crippen molar-refractivity contribution in [3.63, 3.8) is 0 Å². The number of carbonyl (C=O) groups excluding carboxylic acids is 2. The number of nitrogens with zero attached hydrogens (tertiary/aromatic N) is 3. The van der Waals surface area contributed by atoms with E-state index in [4.69, 9.17) is 4.74 Å². The molecular formula is C29H27F2N5O5. The van der Waals surface area contributed by atoms with E-state index in [0.29, 0.717) is 47.1 Å². The van der Waals surface area contributed by atoms with Crippen molar-refractivity contribution in [3.8, 4) is 22.3 Å². The molecule has 212 valence electrons. The zero-order valence-corrected chi connectivity index (χ0v) is 22.7. The Kier molecular flexibility index (Phi) is 6.93. The number of hydrogen-bond donors (Lipinski definition) is 3. The molecule has 0 spiro atoms. The van der Waals surface area contributed by atoms with Crippen molar-refractivity contribution in [2.75, 3.05) is 18.4 Å². The number of aromatic amines is 1. The van der Waals surface area contributed by atoms with E-state index in [-0.39, 0.29) is 28.6 Å². The smallest absolute Gasteiger partial charge is 0.410 e. The number of likely N-dealkylation sites (tertiary alicyclic amines) is 1. The Morgan fingerprint density at radius 1 is 1.02 bits per heavy atom. The number of ether oxygens (including phenoxy) is 1. The molecule has 2 aromatic heterocycles. The fourth-order valence-electron chi connectivity index (χ4n) is 4.85. The summed E-state index contributed by atoms with van der Waals surface area (Å²) >= 11 is 0. The first-order valence-electron chi connectivity index (χ1n) is 12.8. The van der Waals surface area contributed by atoms with Crippen LogP contribution in [0.25, 0.3) is 33.3 Å². The molecule has 2 amide bonds. The van der Waals surface area contributed by atoms with Crippen molar-refractivity contribution in [2.24, 2.45) is 0 Å². The highest BCUT2D eigenvalue weighted by atomic mass is 19.1. The summed E-state index contributed by atoms with van der Waals surface area (Å²) in [6.07, 6.45) is -0.468. The number of rotatable bonds is 5. The lowest BCUT2D eigenvalue weighted by Gasteiger charge is -2.39. The Hall–Kier alpha value is -4.87. The zero-order chi connectivity index (χ0) is 29.6. The quantitative estimate of drug-likeness (QED) is 0.289. The first-order valence-corrected chi connectivity index (χ1v) is 12.8. The number of fused-ring (bicyclic) bond motifs is 1. The van der Waals surface area contributed by atoms with E-state index < -0.39 is 35.0 Å². The van der Waals surface area contributed by atoms with Crippen LogP contribution in [0, 0.1) is 11.6 Å². The third-order valence-electron chi connectivity index (χ3n) is 6.50. The molecule has 1 aliphatic heterocycles. The van der Waals surface area contributed by atoms with Gasteiger partial charge in [-0.2, -0.15) is 5.10 Å². The van der Waals surface area contributed by atoms with Crippen LogP contribution in [0.5, 0.6) is 0 Å². The molecule has 0 aliphatic carbocycles. The van der Waals surface area contributed by atoms with Crippen LogP contribution in [0.1, 0.15) is 49.8 Å². The lowest BCUT2D eigenvalue weighted by molar-refractivity contribution is -0.114. The van der Waals surface area contributed by atoms with E-state index in [9.17, 15) is 28.3 Å². The second-order valence-electron chi connectivity index (χ2n) is 10.8. The highest BCUT2D eigenvalue weighted by molar-refractivity contribution is 6.09. The summed E-state index contributed by atoms with van der Waals surface area (Å²) in [6.45, 7) is 7.27. The lowest BCUT2D eigenvalue weighted by Crippen LogP contribution is -2.50. The Morgan fingerprint density at radius 3 is 2.22 bits per heavy atom. The van der Waals surface area contributed by atoms with Gasteiger partial charge in [-0.15, -0.1) is 0 Å². The second-order valence-corrected chi connectivity index (χ2v) is 10.8. The summed E-state index contributed by atoms with van der Waals surface area (Å²) in [5.74, 6) is -3.70. The number of halogens is 2. The van der Waals surface area contributed by atoms with Gasteiger partial charge in [0.2, 0.25) is 5.91 Å². The molecule has 3 N–H and O–H groups in total. The molecule has 2 aromatic carbocycles. The maximum absolute atomic E-state index is 14.4. The van der Waals surface area contributed by atoms with Crippen molar-refractivity contribution < 1.29 is 33.0 Å². The molecule has 12 heteroatoms. The first-order chi connectivity index (χ1) is 19.3. The molecule has 0 bridgehead atoms. The van der Waals surface area contributed by atoms with Crippen molar-refractivity contribution in [1.82, 2.24) is 20.1 Å². The van der Waals surface area contributed by atoms with Gasteiger partial charge in [0.1, 0.15) is 17.2 Å². The third-order valence-corrected chi connectivity index (χ3v) is 6.50. The fraction of sp³-hybridized carbons (Fsp3) is 0.276. The molecule has 0 radical (unpaired) electrons. The lowest BCUT2D eigenvalue weighted by atomic mass is 9.87. The van der Waals surface area contributed by atoms with Crippen molar-refractivity contribution in [1.29, 1.82) is 0 Å². The van der Waals surface area contributed by atoms with Crippen LogP contribution in [0.4, 0.5) is 19.3 Å². The largest absolute Gasteiger partial charge is 0.476 e. The van der Waals surface area contributed by atoms with E-state index in [2.05, 4.69) is 20.5 Å². The van der Waals surface area contributed by atoms with E-state index in [1.807, 2.05) is 0 Å². The SMILES string of the molecule is CC(=O)Nc1ccc(-c2c(-c3cc(F)cc(F)c3)c(C(=O)O)nc3[nH]nc(C4CN(C(=O)OC(C)(C)C)C4)c23)cc1. The fourth-order valence-corrected chi connectivity index (χ4v) is 4.85. The van der Waals surface area contributed by atoms with Crippen LogP contribution >= 0.6 is 0 Å². The standard InChI is InChI=1S/C29H27F2N5O5/c1-14(37)32-20-7-5-15(6-8-20)21-22(16-9-18(30)11-19(31)10-16)25(27(38)39)33-26-23(21)24(34-35-26)17-12-36(13-17)28(40)41-29(2,3)4/h5-11,17H,12-13H2,1-4H3,(H,32,37)(H,38,39)(H,33,34,35). The van der Waals surface area contributed by atoms with Gasteiger partial charge in [0, 0.05) is 48.8 Å². The molecule has 1 aliphatic rings. The number of anilines is 1. The molecular weight excluding hydrogens is 536 g/mol. The van der Waals surface area contributed by atoms with E-state index in [0.717, 1.165) is 12.1 Å². The molecule has 1 saturated heterocycles. The molecule has 0 saturated carbocycles. The Labute approximate surface area is 233 Å².